The van der Waals surface area contributed by atoms with Crippen molar-refractivity contribution < 1.29 is 19.1 Å². The fourth-order valence-electron chi connectivity index (χ4n) is 6.55. The zero-order valence-corrected chi connectivity index (χ0v) is 25.3. The van der Waals surface area contributed by atoms with Gasteiger partial charge in [-0.05, 0) is 66.4 Å². The number of hydrogen-bond donors (Lipinski definition) is 0. The van der Waals surface area contributed by atoms with Crippen LogP contribution in [-0.2, 0) is 21.7 Å². The lowest BCUT2D eigenvalue weighted by Gasteiger charge is -2.56. The third-order valence-corrected chi connectivity index (χ3v) is 8.59. The molecule has 0 spiro atoms. The molecule has 1 saturated heterocycles. The van der Waals surface area contributed by atoms with Crippen LogP contribution in [0.15, 0.2) is 109 Å². The highest BCUT2D eigenvalue weighted by Gasteiger charge is 2.67. The molecule has 2 aliphatic rings. The average molecular weight is 597 g/mol. The number of methoxy groups -OCH3 is 1. The van der Waals surface area contributed by atoms with E-state index < -0.39 is 11.6 Å². The molecule has 224 valence electrons. The summed E-state index contributed by atoms with van der Waals surface area (Å²) in [4.78, 5) is 40.6. The van der Waals surface area contributed by atoms with Crippen LogP contribution in [0.2, 0.25) is 0 Å². The van der Waals surface area contributed by atoms with E-state index >= 15 is 0 Å². The lowest BCUT2D eigenvalue weighted by molar-refractivity contribution is -0.178. The van der Waals surface area contributed by atoms with Gasteiger partial charge in [-0.3, -0.25) is 9.59 Å². The summed E-state index contributed by atoms with van der Waals surface area (Å²) in [6.07, 6.45) is -1.00. The molecule has 4 aromatic carbocycles. The Labute approximate surface area is 261 Å². The minimum absolute atomic E-state index is 0.118. The summed E-state index contributed by atoms with van der Waals surface area (Å²) in [7, 11) is 1.62. The second kappa shape index (κ2) is 11.2. The molecule has 1 fully saturated rings. The van der Waals surface area contributed by atoms with Crippen LogP contribution in [0.25, 0.3) is 11.1 Å². The van der Waals surface area contributed by atoms with E-state index in [1.165, 1.54) is 0 Å². The second-order valence-corrected chi connectivity index (χ2v) is 11.4. The van der Waals surface area contributed by atoms with E-state index in [9.17, 15) is 9.59 Å². The zero-order chi connectivity index (χ0) is 31.1. The highest BCUT2D eigenvalue weighted by atomic mass is 16.5. The molecular weight excluding hydrogens is 564 g/mol. The van der Waals surface area contributed by atoms with Crippen molar-refractivity contribution in [3.63, 3.8) is 0 Å². The molecule has 2 atom stereocenters. The van der Waals surface area contributed by atoms with Crippen molar-refractivity contribution in [2.45, 2.75) is 32.0 Å². The number of rotatable bonds is 7. The van der Waals surface area contributed by atoms with Gasteiger partial charge in [-0.2, -0.15) is 0 Å². The average Bonchev–Trinajstić information content (AvgIpc) is 3.15. The highest BCUT2D eigenvalue weighted by Crippen LogP contribution is 2.53. The van der Waals surface area contributed by atoms with Crippen LogP contribution < -0.4 is 14.4 Å². The Bertz CT molecular complexity index is 1890. The molecule has 0 N–H and O–H groups in total. The van der Waals surface area contributed by atoms with E-state index in [4.69, 9.17) is 9.47 Å². The van der Waals surface area contributed by atoms with Crippen LogP contribution in [0.4, 0.5) is 5.69 Å². The normalized spacial score (nSPS) is 18.9. The van der Waals surface area contributed by atoms with E-state index in [0.29, 0.717) is 12.2 Å². The number of aryl methyl sites for hydroxylation is 2. The molecule has 0 bridgehead atoms. The number of anilines is 1. The van der Waals surface area contributed by atoms with Gasteiger partial charge in [0.25, 0.3) is 5.91 Å². The predicted molar refractivity (Wildman–Crippen MR) is 171 cm³/mol. The van der Waals surface area contributed by atoms with Crippen molar-refractivity contribution in [2.24, 2.45) is 0 Å². The molecule has 7 rings (SSSR count). The molecule has 2 aliphatic heterocycles. The summed E-state index contributed by atoms with van der Waals surface area (Å²) in [6, 6.07) is 35.7. The summed E-state index contributed by atoms with van der Waals surface area (Å²) in [5, 5.41) is 0. The maximum Gasteiger partial charge on any atom is 0.317 e. The molecule has 0 aliphatic carbocycles. The fourth-order valence-corrected chi connectivity index (χ4v) is 6.55. The number of β-lactam (4-membered cyclic amide) rings is 1. The molecule has 0 radical (unpaired) electrons. The maximum absolute atomic E-state index is 14.1. The molecular formula is C37H32N4O4. The summed E-state index contributed by atoms with van der Waals surface area (Å²) in [5.74, 6) is 0.257. The summed E-state index contributed by atoms with van der Waals surface area (Å²) in [5.41, 5.74) is 5.68. The Hall–Kier alpha value is -5.50. The van der Waals surface area contributed by atoms with Gasteiger partial charge in [0.05, 0.1) is 19.3 Å². The van der Waals surface area contributed by atoms with Gasteiger partial charge < -0.3 is 19.3 Å². The van der Waals surface area contributed by atoms with E-state index in [-0.39, 0.29) is 24.4 Å². The third kappa shape index (κ3) is 4.79. The molecule has 8 heteroatoms. The largest absolute Gasteiger partial charge is 0.497 e. The monoisotopic (exact) mass is 596 g/mol. The number of aromatic nitrogens is 2. The highest BCUT2D eigenvalue weighted by molar-refractivity contribution is 6.04. The first kappa shape index (κ1) is 28.3. The van der Waals surface area contributed by atoms with E-state index in [2.05, 4.69) is 28.2 Å². The molecule has 45 heavy (non-hydrogen) atoms. The van der Waals surface area contributed by atoms with Crippen molar-refractivity contribution in [1.82, 2.24) is 14.9 Å². The number of benzene rings is 4. The number of nitrogens with zero attached hydrogens (tertiary/aromatic N) is 4. The standard InChI is InChI=1S/C37H32N4O4/c1-24-20-25(2)39-36(38-24)45-34-35(43)41-23-33(42)40(22-26-16-18-30(44-3)19-17-26)32-15-8-7-14-31(32)37(34,41)29-13-9-12-28(21-29)27-10-5-4-6-11-27/h4-21,34H,22-23H2,1-3H3/t34-,37+/m1/s1. The van der Waals surface area contributed by atoms with E-state index in [1.54, 1.807) is 16.9 Å². The first-order chi connectivity index (χ1) is 21.9. The minimum Gasteiger partial charge on any atom is -0.497 e. The van der Waals surface area contributed by atoms with Crippen molar-refractivity contribution in [3.05, 3.63) is 137 Å². The number of carbonyl (C=O) groups excluding carboxylic acids is 2. The summed E-state index contributed by atoms with van der Waals surface area (Å²) in [6.45, 7) is 3.94. The molecule has 2 amide bonds. The van der Waals surface area contributed by atoms with Gasteiger partial charge in [-0.15, -0.1) is 0 Å². The van der Waals surface area contributed by atoms with Gasteiger partial charge in [0.15, 0.2) is 0 Å². The Morgan fingerprint density at radius 1 is 0.800 bits per heavy atom. The SMILES string of the molecule is COc1ccc(CN2C(=O)CN3C(=O)[C@@H](Oc4nc(C)cc(C)n4)[C@]3(c3cccc(-c4ccccc4)c3)c3ccccc32)cc1. The van der Waals surface area contributed by atoms with Gasteiger partial charge in [0.2, 0.25) is 12.0 Å². The third-order valence-electron chi connectivity index (χ3n) is 8.59. The van der Waals surface area contributed by atoms with Crippen LogP contribution in [-0.4, -0.2) is 46.4 Å². The van der Waals surface area contributed by atoms with Gasteiger partial charge in [0.1, 0.15) is 17.8 Å². The van der Waals surface area contributed by atoms with Crippen LogP contribution in [0, 0.1) is 13.8 Å². The number of para-hydroxylation sites is 1. The Morgan fingerprint density at radius 2 is 1.49 bits per heavy atom. The Morgan fingerprint density at radius 3 is 2.22 bits per heavy atom. The number of hydrogen-bond acceptors (Lipinski definition) is 6. The van der Waals surface area contributed by atoms with Crippen LogP contribution in [0.1, 0.15) is 28.1 Å². The fraction of sp³-hybridized carbons (Fsp3) is 0.189. The van der Waals surface area contributed by atoms with Gasteiger partial charge >= 0.3 is 6.01 Å². The molecule has 0 saturated carbocycles. The quantitative estimate of drug-likeness (QED) is 0.219. The van der Waals surface area contributed by atoms with Crippen molar-refractivity contribution in [2.75, 3.05) is 18.6 Å². The predicted octanol–water partition coefficient (Wildman–Crippen LogP) is 5.85. The topological polar surface area (TPSA) is 84.9 Å². The van der Waals surface area contributed by atoms with Gasteiger partial charge in [-0.1, -0.05) is 78.9 Å². The van der Waals surface area contributed by atoms with Gasteiger partial charge in [-0.25, -0.2) is 9.97 Å². The van der Waals surface area contributed by atoms with Crippen molar-refractivity contribution in [1.29, 1.82) is 0 Å². The summed E-state index contributed by atoms with van der Waals surface area (Å²) >= 11 is 0. The van der Waals surface area contributed by atoms with Crippen molar-refractivity contribution in [3.8, 4) is 22.9 Å². The van der Waals surface area contributed by atoms with Gasteiger partial charge in [0, 0.05) is 17.0 Å². The smallest absolute Gasteiger partial charge is 0.317 e. The Balaban J connectivity index is 1.42. The molecule has 1 aromatic heterocycles. The van der Waals surface area contributed by atoms with E-state index in [0.717, 1.165) is 45.0 Å². The number of ether oxygens (including phenoxy) is 2. The lowest BCUT2D eigenvalue weighted by Crippen LogP contribution is -2.74. The van der Waals surface area contributed by atoms with E-state index in [1.807, 2.05) is 105 Å². The maximum atomic E-state index is 14.1. The molecule has 8 nitrogen and oxygen atoms in total. The van der Waals surface area contributed by atoms with Crippen LogP contribution in [0.5, 0.6) is 11.8 Å². The molecule has 3 heterocycles. The molecule has 0 unspecified atom stereocenters. The first-order valence-electron chi connectivity index (χ1n) is 14.9. The van der Waals surface area contributed by atoms with Crippen molar-refractivity contribution >= 4 is 17.5 Å². The lowest BCUT2D eigenvalue weighted by atomic mass is 9.69. The number of fused-ring (bicyclic) bond motifs is 3. The second-order valence-electron chi connectivity index (χ2n) is 11.4. The van der Waals surface area contributed by atoms with Crippen LogP contribution in [0.3, 0.4) is 0 Å². The number of carbonyl (C=O) groups is 2. The summed E-state index contributed by atoms with van der Waals surface area (Å²) < 4.78 is 11.8. The minimum atomic E-state index is -1.12. The number of amides is 2. The van der Waals surface area contributed by atoms with Crippen LogP contribution >= 0.6 is 0 Å². The first-order valence-corrected chi connectivity index (χ1v) is 14.9. The molecule has 5 aromatic rings. The Kier molecular flexibility index (Phi) is 7.04. The zero-order valence-electron chi connectivity index (χ0n) is 25.3.